The highest BCUT2D eigenvalue weighted by molar-refractivity contribution is 7.46. The van der Waals surface area contributed by atoms with Crippen molar-refractivity contribution < 1.29 is 32.2 Å². The largest absolute Gasteiger partial charge is 0.456 e. The van der Waals surface area contributed by atoms with E-state index in [9.17, 15) is 28.2 Å². The van der Waals surface area contributed by atoms with Gasteiger partial charge in [-0.05, 0) is 31.2 Å². The molecule has 0 fully saturated rings. The first kappa shape index (κ1) is 24.1. The fraction of sp³-hybridized carbons (Fsp3) is 0.333. The van der Waals surface area contributed by atoms with Gasteiger partial charge in [0.1, 0.15) is 17.2 Å². The van der Waals surface area contributed by atoms with Crippen molar-refractivity contribution in [3.05, 3.63) is 57.1 Å². The summed E-state index contributed by atoms with van der Waals surface area (Å²) in [6.07, 6.45) is -4.27. The van der Waals surface area contributed by atoms with Crippen molar-refractivity contribution in [2.45, 2.75) is 13.1 Å². The summed E-state index contributed by atoms with van der Waals surface area (Å²) in [5, 5.41) is 11.1. The summed E-state index contributed by atoms with van der Waals surface area (Å²) in [6.45, 7) is 2.37. The molecule has 7 nitrogen and oxygen atoms in total. The van der Waals surface area contributed by atoms with Crippen LogP contribution in [0.1, 0.15) is 12.5 Å². The fourth-order valence-electron chi connectivity index (χ4n) is 2.48. The molecule has 1 N–H and O–H groups in total. The number of rotatable bonds is 9. The molecule has 0 aliphatic heterocycles. The van der Waals surface area contributed by atoms with Crippen LogP contribution in [0.4, 0.5) is 24.5 Å². The molecule has 0 aromatic heterocycles. The highest BCUT2D eigenvalue weighted by atomic mass is 35.5. The molecule has 12 heteroatoms. The average Bonchev–Trinajstić information content (AvgIpc) is 2.66. The molecule has 0 saturated carbocycles. The molecule has 2 aromatic rings. The van der Waals surface area contributed by atoms with E-state index in [4.69, 9.17) is 20.9 Å². The van der Waals surface area contributed by atoms with Crippen LogP contribution in [-0.2, 0) is 10.7 Å². The second-order valence-corrected chi connectivity index (χ2v) is 7.88. The summed E-state index contributed by atoms with van der Waals surface area (Å²) in [7, 11) is -0.0417. The van der Waals surface area contributed by atoms with Gasteiger partial charge in [0.15, 0.2) is 8.38 Å². The van der Waals surface area contributed by atoms with E-state index in [1.165, 1.54) is 18.2 Å². The van der Waals surface area contributed by atoms with Gasteiger partial charge in [-0.25, -0.2) is 0 Å². The van der Waals surface area contributed by atoms with Gasteiger partial charge >= 0.3 is 6.18 Å². The van der Waals surface area contributed by atoms with Gasteiger partial charge in [0.25, 0.3) is 5.69 Å². The van der Waals surface area contributed by atoms with E-state index >= 15 is 0 Å². The van der Waals surface area contributed by atoms with Crippen LogP contribution < -0.4 is 9.64 Å². The van der Waals surface area contributed by atoms with Gasteiger partial charge in [-0.3, -0.25) is 10.1 Å². The van der Waals surface area contributed by atoms with Gasteiger partial charge < -0.3 is 19.1 Å². The van der Waals surface area contributed by atoms with Crippen molar-refractivity contribution >= 4 is 31.4 Å². The van der Waals surface area contributed by atoms with Gasteiger partial charge in [0.2, 0.25) is 0 Å². The summed E-state index contributed by atoms with van der Waals surface area (Å²) < 4.78 is 49.0. The number of ether oxygens (including phenoxy) is 1. The summed E-state index contributed by atoms with van der Waals surface area (Å²) in [4.78, 5) is 22.1. The Kier molecular flexibility index (Phi) is 8.25. The third-order valence-electron chi connectivity index (χ3n) is 3.95. The topological polar surface area (TPSA) is 85.1 Å². The number of benzene rings is 2. The molecule has 2 rings (SSSR count). The van der Waals surface area contributed by atoms with E-state index in [0.717, 1.165) is 18.2 Å². The van der Waals surface area contributed by atoms with Crippen molar-refractivity contribution in [2.24, 2.45) is 0 Å². The molecule has 0 radical (unpaired) electrons. The molecule has 2 aromatic carbocycles. The Morgan fingerprint density at radius 3 is 2.53 bits per heavy atom. The molecule has 0 spiro atoms. The van der Waals surface area contributed by atoms with E-state index in [2.05, 4.69) is 0 Å². The minimum absolute atomic E-state index is 0.0256. The minimum Gasteiger partial charge on any atom is -0.456 e. The number of nitrogens with zero attached hydrogens (tertiary/aromatic N) is 2. The van der Waals surface area contributed by atoms with Crippen molar-refractivity contribution in [3.63, 3.8) is 0 Å². The first-order chi connectivity index (χ1) is 14.0. The van der Waals surface area contributed by atoms with E-state index in [1.807, 2.05) is 0 Å². The van der Waals surface area contributed by atoms with Crippen molar-refractivity contribution in [3.8, 4) is 11.5 Å². The zero-order valence-corrected chi connectivity index (χ0v) is 17.7. The zero-order chi connectivity index (χ0) is 22.5. The molecule has 0 heterocycles. The van der Waals surface area contributed by atoms with Crippen LogP contribution >= 0.6 is 20.0 Å². The van der Waals surface area contributed by atoms with Crippen molar-refractivity contribution in [2.75, 3.05) is 31.3 Å². The highest BCUT2D eigenvalue weighted by Gasteiger charge is 2.31. The first-order valence-corrected chi connectivity index (χ1v) is 10.4. The molecule has 1 unspecified atom stereocenters. The fourth-order valence-corrected chi connectivity index (χ4v) is 3.60. The SMILES string of the molecule is CCOP(O)CCN(C)c1cc(Oc2ccc(C(F)(F)F)cc2Cl)ccc1[N+](=O)[O-]. The first-order valence-electron chi connectivity index (χ1n) is 8.66. The van der Waals surface area contributed by atoms with Crippen molar-refractivity contribution in [1.82, 2.24) is 0 Å². The molecule has 30 heavy (non-hydrogen) atoms. The van der Waals surface area contributed by atoms with Crippen LogP contribution in [0, 0.1) is 10.1 Å². The summed E-state index contributed by atoms with van der Waals surface area (Å²) >= 11 is 5.90. The van der Waals surface area contributed by atoms with E-state index in [1.54, 1.807) is 18.9 Å². The van der Waals surface area contributed by atoms with Crippen LogP contribution in [0.15, 0.2) is 36.4 Å². The lowest BCUT2D eigenvalue weighted by molar-refractivity contribution is -0.384. The van der Waals surface area contributed by atoms with E-state index < -0.39 is 25.0 Å². The minimum atomic E-state index is -4.54. The number of nitro groups is 1. The number of halogens is 4. The Hall–Kier alpha value is -2.13. The van der Waals surface area contributed by atoms with Crippen LogP contribution in [-0.4, -0.2) is 36.2 Å². The predicted octanol–water partition coefficient (Wildman–Crippen LogP) is 5.84. The lowest BCUT2D eigenvalue weighted by Gasteiger charge is -2.21. The third-order valence-corrected chi connectivity index (χ3v) is 5.38. The van der Waals surface area contributed by atoms with E-state index in [0.29, 0.717) is 6.61 Å². The molecule has 1 atom stereocenters. The van der Waals surface area contributed by atoms with Crippen LogP contribution in [0.3, 0.4) is 0 Å². The second-order valence-electron chi connectivity index (χ2n) is 6.07. The monoisotopic (exact) mass is 466 g/mol. The summed E-state index contributed by atoms with van der Waals surface area (Å²) in [5.41, 5.74) is -0.902. The smallest absolute Gasteiger partial charge is 0.416 e. The molecule has 0 saturated heterocycles. The molecular weight excluding hydrogens is 448 g/mol. The maximum absolute atomic E-state index is 12.8. The maximum Gasteiger partial charge on any atom is 0.416 e. The van der Waals surface area contributed by atoms with Gasteiger partial charge in [0, 0.05) is 31.9 Å². The number of anilines is 1. The molecule has 0 aliphatic carbocycles. The Balaban J connectivity index is 2.26. The normalized spacial score (nSPS) is 12.5. The summed E-state index contributed by atoms with van der Waals surface area (Å²) in [6, 6.07) is 6.58. The third kappa shape index (κ3) is 6.43. The summed E-state index contributed by atoms with van der Waals surface area (Å²) in [5.74, 6) is 0.127. The number of hydrogen-bond acceptors (Lipinski definition) is 6. The molecule has 164 valence electrons. The Morgan fingerprint density at radius 1 is 1.27 bits per heavy atom. The Morgan fingerprint density at radius 2 is 1.97 bits per heavy atom. The molecule has 0 aliphatic rings. The molecule has 0 bridgehead atoms. The van der Waals surface area contributed by atoms with Crippen LogP contribution in [0.2, 0.25) is 5.02 Å². The number of hydrogen-bond donors (Lipinski definition) is 1. The standard InChI is InChI=1S/C18H19ClF3N2O5P/c1-3-28-30(27)9-8-23(2)16-11-13(5-6-15(16)24(25)26)29-17-7-4-12(10-14(17)19)18(20,21)22/h4-7,10-11,27H,3,8-9H2,1-2H3. The quantitative estimate of drug-likeness (QED) is 0.284. The second kappa shape index (κ2) is 10.3. The number of alkyl halides is 3. The molecular formula is C18H19ClF3N2O5P. The van der Waals surface area contributed by atoms with Gasteiger partial charge in [-0.1, -0.05) is 11.6 Å². The lowest BCUT2D eigenvalue weighted by atomic mass is 10.2. The van der Waals surface area contributed by atoms with Gasteiger partial charge in [-0.15, -0.1) is 0 Å². The lowest BCUT2D eigenvalue weighted by Crippen LogP contribution is -2.22. The Labute approximate surface area is 177 Å². The van der Waals surface area contributed by atoms with Crippen LogP contribution in [0.5, 0.6) is 11.5 Å². The maximum atomic E-state index is 12.8. The zero-order valence-electron chi connectivity index (χ0n) is 16.0. The highest BCUT2D eigenvalue weighted by Crippen LogP contribution is 2.39. The average molecular weight is 467 g/mol. The Bertz CT molecular complexity index is 901. The van der Waals surface area contributed by atoms with Crippen molar-refractivity contribution in [1.29, 1.82) is 0 Å². The molecule has 0 amide bonds. The predicted molar refractivity (Wildman–Crippen MR) is 109 cm³/mol. The van der Waals surface area contributed by atoms with Gasteiger partial charge in [0.05, 0.1) is 22.1 Å². The van der Waals surface area contributed by atoms with Gasteiger partial charge in [-0.2, -0.15) is 13.2 Å². The van der Waals surface area contributed by atoms with Crippen LogP contribution in [0.25, 0.3) is 0 Å². The number of nitro benzene ring substituents is 1. The van der Waals surface area contributed by atoms with E-state index in [-0.39, 0.29) is 40.6 Å².